The van der Waals surface area contributed by atoms with Gasteiger partial charge in [-0.15, -0.1) is 10.1 Å². The summed E-state index contributed by atoms with van der Waals surface area (Å²) in [6.45, 7) is 1.53. The van der Waals surface area contributed by atoms with Crippen molar-refractivity contribution in [3.63, 3.8) is 0 Å². The fraction of sp³-hybridized carbons (Fsp3) is 0.417. The number of hydrogen-bond donors (Lipinski definition) is 0. The molecule has 0 N–H and O–H groups in total. The van der Waals surface area contributed by atoms with Crippen molar-refractivity contribution >= 4 is 11.7 Å². The van der Waals surface area contributed by atoms with Gasteiger partial charge < -0.3 is 9.57 Å². The van der Waals surface area contributed by atoms with E-state index in [1.165, 1.54) is 31.2 Å². The van der Waals surface area contributed by atoms with Crippen molar-refractivity contribution in [1.29, 1.82) is 0 Å². The van der Waals surface area contributed by atoms with Crippen molar-refractivity contribution in [3.8, 4) is 5.75 Å². The van der Waals surface area contributed by atoms with Gasteiger partial charge in [0, 0.05) is 18.6 Å². The third-order valence-corrected chi connectivity index (χ3v) is 2.54. The molecule has 0 heterocycles. The van der Waals surface area contributed by atoms with Gasteiger partial charge in [0.25, 0.3) is 10.8 Å². The Morgan fingerprint density at radius 1 is 1.24 bits per heavy atom. The summed E-state index contributed by atoms with van der Waals surface area (Å²) in [5.41, 5.74) is -0.0967. The van der Waals surface area contributed by atoms with E-state index >= 15 is 0 Å². The maximum atomic E-state index is 11.5. The lowest BCUT2D eigenvalue weighted by molar-refractivity contribution is -0.767. The molecule has 9 heteroatoms. The normalized spacial score (nSPS) is 11.5. The van der Waals surface area contributed by atoms with Crippen LogP contribution in [0.15, 0.2) is 24.3 Å². The first-order chi connectivity index (χ1) is 9.88. The van der Waals surface area contributed by atoms with Crippen molar-refractivity contribution in [2.75, 3.05) is 0 Å². The number of nitrogens with zero attached hydrogens (tertiary/aromatic N) is 2. The Balaban J connectivity index is 2.33. The quantitative estimate of drug-likeness (QED) is 0.312. The summed E-state index contributed by atoms with van der Waals surface area (Å²) in [6.07, 6.45) is 0.201. The van der Waals surface area contributed by atoms with Gasteiger partial charge in [-0.1, -0.05) is 0 Å². The number of carbonyl (C=O) groups is 1. The number of nitro benzene ring substituents is 1. The molecule has 0 bridgehead atoms. The van der Waals surface area contributed by atoms with Gasteiger partial charge in [-0.05, 0) is 31.9 Å². The van der Waals surface area contributed by atoms with Crippen LogP contribution in [-0.2, 0) is 9.63 Å². The van der Waals surface area contributed by atoms with E-state index in [0.717, 1.165) is 0 Å². The summed E-state index contributed by atoms with van der Waals surface area (Å²) in [5, 5.41) is 19.6. The molecular weight excluding hydrogens is 284 g/mol. The Bertz CT molecular complexity index is 515. The lowest BCUT2D eigenvalue weighted by Gasteiger charge is -2.08. The van der Waals surface area contributed by atoms with E-state index < -0.39 is 22.1 Å². The molecule has 0 aliphatic carbocycles. The highest BCUT2D eigenvalue weighted by Crippen LogP contribution is 2.18. The number of hydrogen-bond acceptors (Lipinski definition) is 7. The van der Waals surface area contributed by atoms with Crippen LogP contribution in [0.1, 0.15) is 26.2 Å². The minimum absolute atomic E-state index is 0.0718. The van der Waals surface area contributed by atoms with Gasteiger partial charge >= 0.3 is 5.97 Å². The Morgan fingerprint density at radius 3 is 2.38 bits per heavy atom. The zero-order chi connectivity index (χ0) is 15.8. The number of ether oxygens (including phenoxy) is 1. The Kier molecular flexibility index (Phi) is 6.05. The highest BCUT2D eigenvalue weighted by molar-refractivity contribution is 5.72. The first-order valence-corrected chi connectivity index (χ1v) is 6.15. The fourth-order valence-electron chi connectivity index (χ4n) is 1.55. The third kappa shape index (κ3) is 6.32. The molecule has 114 valence electrons. The van der Waals surface area contributed by atoms with Gasteiger partial charge in [-0.3, -0.25) is 14.9 Å². The van der Waals surface area contributed by atoms with Crippen molar-refractivity contribution in [1.82, 2.24) is 0 Å². The maximum Gasteiger partial charge on any atom is 0.311 e. The Labute approximate surface area is 119 Å². The number of esters is 1. The largest absolute Gasteiger partial charge is 0.427 e. The second-order valence-electron chi connectivity index (χ2n) is 4.26. The Morgan fingerprint density at radius 2 is 1.86 bits per heavy atom. The predicted molar refractivity (Wildman–Crippen MR) is 70.1 cm³/mol. The Hall–Kier alpha value is -2.71. The molecule has 1 atom stereocenters. The minimum Gasteiger partial charge on any atom is -0.427 e. The van der Waals surface area contributed by atoms with E-state index in [2.05, 4.69) is 4.84 Å². The molecule has 21 heavy (non-hydrogen) atoms. The SMILES string of the molecule is C[C@@H](CCCC(=O)Oc1ccc([N+](=O)[O-])cc1)O[N+](=O)[O-]. The molecule has 0 unspecified atom stereocenters. The summed E-state index contributed by atoms with van der Waals surface area (Å²) in [6, 6.07) is 5.12. The molecule has 0 aromatic heterocycles. The van der Waals surface area contributed by atoms with Crippen LogP contribution in [0.4, 0.5) is 5.69 Å². The van der Waals surface area contributed by atoms with Gasteiger partial charge in [0.1, 0.15) is 11.9 Å². The summed E-state index contributed by atoms with van der Waals surface area (Å²) in [5.74, 6) is -0.308. The van der Waals surface area contributed by atoms with Crippen molar-refractivity contribution in [2.24, 2.45) is 0 Å². The second kappa shape index (κ2) is 7.78. The minimum atomic E-state index is -0.875. The molecular formula is C12H14N2O7. The highest BCUT2D eigenvalue weighted by Gasteiger charge is 2.11. The zero-order valence-corrected chi connectivity index (χ0v) is 11.3. The average Bonchev–Trinajstić information content (AvgIpc) is 2.38. The van der Waals surface area contributed by atoms with E-state index in [1.54, 1.807) is 0 Å². The number of non-ortho nitro benzene ring substituents is 1. The van der Waals surface area contributed by atoms with E-state index in [1.807, 2.05) is 0 Å². The van der Waals surface area contributed by atoms with Crippen LogP contribution in [0.5, 0.6) is 5.75 Å². The lowest BCUT2D eigenvalue weighted by atomic mass is 10.2. The molecule has 0 aliphatic rings. The lowest BCUT2D eigenvalue weighted by Crippen LogP contribution is -2.14. The average molecular weight is 298 g/mol. The molecule has 0 saturated carbocycles. The molecule has 1 aromatic rings. The van der Waals surface area contributed by atoms with Crippen LogP contribution in [0, 0.1) is 20.2 Å². The second-order valence-corrected chi connectivity index (χ2v) is 4.26. The van der Waals surface area contributed by atoms with Crippen LogP contribution >= 0.6 is 0 Å². The van der Waals surface area contributed by atoms with E-state index in [9.17, 15) is 25.0 Å². The number of nitro groups is 1. The van der Waals surface area contributed by atoms with Crippen LogP contribution in [0.2, 0.25) is 0 Å². The molecule has 0 amide bonds. The summed E-state index contributed by atoms with van der Waals surface area (Å²) in [4.78, 5) is 35.8. The number of carbonyl (C=O) groups excluding carboxylic acids is 1. The van der Waals surface area contributed by atoms with Crippen molar-refractivity contribution < 1.29 is 24.4 Å². The highest BCUT2D eigenvalue weighted by atomic mass is 17.0. The van der Waals surface area contributed by atoms with Gasteiger partial charge in [0.2, 0.25) is 0 Å². The maximum absolute atomic E-state index is 11.5. The van der Waals surface area contributed by atoms with Crippen LogP contribution in [0.3, 0.4) is 0 Å². The number of benzene rings is 1. The van der Waals surface area contributed by atoms with E-state index in [4.69, 9.17) is 4.74 Å². The van der Waals surface area contributed by atoms with Crippen LogP contribution < -0.4 is 4.74 Å². The van der Waals surface area contributed by atoms with Crippen LogP contribution in [0.25, 0.3) is 0 Å². The molecule has 0 spiro atoms. The van der Waals surface area contributed by atoms with Crippen LogP contribution in [-0.4, -0.2) is 22.1 Å². The first kappa shape index (κ1) is 16.3. The summed E-state index contributed by atoms with van der Waals surface area (Å²) < 4.78 is 4.98. The monoisotopic (exact) mass is 298 g/mol. The smallest absolute Gasteiger partial charge is 0.311 e. The standard InChI is InChI=1S/C12H14N2O7/c1-9(21-14(18)19)3-2-4-12(15)20-11-7-5-10(6-8-11)13(16)17/h5-9H,2-4H2,1H3/t9-/m0/s1. The first-order valence-electron chi connectivity index (χ1n) is 6.15. The molecule has 9 nitrogen and oxygen atoms in total. The van der Waals surface area contributed by atoms with Gasteiger partial charge in [0.15, 0.2) is 0 Å². The van der Waals surface area contributed by atoms with Crippen molar-refractivity contribution in [3.05, 3.63) is 44.5 Å². The molecule has 0 aliphatic heterocycles. The molecule has 1 aromatic carbocycles. The molecule has 0 radical (unpaired) electrons. The summed E-state index contributed by atoms with van der Waals surface area (Å²) >= 11 is 0. The zero-order valence-electron chi connectivity index (χ0n) is 11.3. The van der Waals surface area contributed by atoms with Gasteiger partial charge in [-0.2, -0.15) is 0 Å². The predicted octanol–water partition coefficient (Wildman–Crippen LogP) is 2.27. The molecule has 0 fully saturated rings. The summed E-state index contributed by atoms with van der Waals surface area (Å²) in [7, 11) is 0. The molecule has 1 rings (SSSR count). The molecule has 0 saturated heterocycles. The van der Waals surface area contributed by atoms with Gasteiger partial charge in [0.05, 0.1) is 4.92 Å². The fourth-order valence-corrected chi connectivity index (χ4v) is 1.55. The van der Waals surface area contributed by atoms with Gasteiger partial charge in [-0.25, -0.2) is 0 Å². The topological polar surface area (TPSA) is 122 Å². The third-order valence-electron chi connectivity index (χ3n) is 2.54. The number of rotatable bonds is 8. The van der Waals surface area contributed by atoms with Crippen molar-refractivity contribution in [2.45, 2.75) is 32.3 Å². The van der Waals surface area contributed by atoms with E-state index in [0.29, 0.717) is 12.8 Å². The van der Waals surface area contributed by atoms with E-state index in [-0.39, 0.29) is 17.9 Å².